The topological polar surface area (TPSA) is 37.6 Å². The highest BCUT2D eigenvalue weighted by atomic mass is 16.2. The van der Waals surface area contributed by atoms with E-state index in [4.69, 9.17) is 0 Å². The second-order valence-electron chi connectivity index (χ2n) is 5.71. The average Bonchev–Trinajstić information content (AvgIpc) is 2.97. The van der Waals surface area contributed by atoms with Gasteiger partial charge in [0.2, 0.25) is 5.91 Å². The molecule has 0 saturated carbocycles. The van der Waals surface area contributed by atoms with Gasteiger partial charge in [0.1, 0.15) is 5.65 Å². The molecule has 0 bridgehead atoms. The minimum Gasteiger partial charge on any atom is -0.312 e. The summed E-state index contributed by atoms with van der Waals surface area (Å²) in [6, 6.07) is 12.3. The van der Waals surface area contributed by atoms with Crippen molar-refractivity contribution in [1.29, 1.82) is 0 Å². The van der Waals surface area contributed by atoms with Crippen LogP contribution in [0.25, 0.3) is 16.9 Å². The third kappa shape index (κ3) is 2.08. The van der Waals surface area contributed by atoms with E-state index in [-0.39, 0.29) is 5.91 Å². The van der Waals surface area contributed by atoms with Crippen molar-refractivity contribution in [2.75, 3.05) is 11.4 Å². The molecule has 0 fully saturated rings. The molecule has 0 saturated heterocycles. The lowest BCUT2D eigenvalue weighted by atomic mass is 9.98. The van der Waals surface area contributed by atoms with Crippen molar-refractivity contribution in [3.63, 3.8) is 0 Å². The van der Waals surface area contributed by atoms with Crippen LogP contribution in [0.2, 0.25) is 0 Å². The minimum atomic E-state index is 0.112. The van der Waals surface area contributed by atoms with E-state index >= 15 is 0 Å². The molecule has 0 aliphatic carbocycles. The monoisotopic (exact) mass is 291 g/mol. The van der Waals surface area contributed by atoms with Crippen LogP contribution in [0.15, 0.2) is 48.8 Å². The number of pyridine rings is 1. The van der Waals surface area contributed by atoms with Crippen LogP contribution in [0.5, 0.6) is 0 Å². The number of hydrogen-bond acceptors (Lipinski definition) is 2. The van der Waals surface area contributed by atoms with E-state index in [2.05, 4.69) is 23.2 Å². The van der Waals surface area contributed by atoms with E-state index in [0.29, 0.717) is 0 Å². The predicted octanol–water partition coefficient (Wildman–Crippen LogP) is 3.30. The summed E-state index contributed by atoms with van der Waals surface area (Å²) in [5, 5.41) is 0. The molecule has 22 heavy (non-hydrogen) atoms. The number of carbonyl (C=O) groups excluding carboxylic acids is 1. The first-order valence-electron chi connectivity index (χ1n) is 7.57. The van der Waals surface area contributed by atoms with E-state index in [9.17, 15) is 4.79 Å². The molecular formula is C18H17N3O. The molecule has 3 heterocycles. The number of aryl methyl sites for hydroxylation is 1. The van der Waals surface area contributed by atoms with Gasteiger partial charge in [0.25, 0.3) is 0 Å². The summed E-state index contributed by atoms with van der Waals surface area (Å²) in [5.41, 5.74) is 5.30. The van der Waals surface area contributed by atoms with E-state index in [1.165, 1.54) is 5.56 Å². The van der Waals surface area contributed by atoms with Gasteiger partial charge in [-0.05, 0) is 42.7 Å². The maximum atomic E-state index is 11.7. The van der Waals surface area contributed by atoms with Gasteiger partial charge in [0.15, 0.2) is 0 Å². The Hall–Kier alpha value is -2.62. The van der Waals surface area contributed by atoms with Crippen molar-refractivity contribution in [2.45, 2.75) is 19.8 Å². The number of rotatable bonds is 1. The molecule has 1 aromatic carbocycles. The summed E-state index contributed by atoms with van der Waals surface area (Å²) in [5.74, 6) is 0.112. The number of aromatic nitrogens is 2. The second-order valence-corrected chi connectivity index (χ2v) is 5.71. The molecule has 0 unspecified atom stereocenters. The molecule has 4 nitrogen and oxygen atoms in total. The Bertz CT molecular complexity index is 833. The third-order valence-electron chi connectivity index (χ3n) is 4.24. The fourth-order valence-electron chi connectivity index (χ4n) is 3.16. The van der Waals surface area contributed by atoms with E-state index in [1.807, 2.05) is 39.9 Å². The zero-order chi connectivity index (χ0) is 15.1. The maximum absolute atomic E-state index is 11.7. The Labute approximate surface area is 129 Å². The van der Waals surface area contributed by atoms with Crippen molar-refractivity contribution in [2.24, 2.45) is 0 Å². The number of imidazole rings is 1. The molecule has 0 radical (unpaired) electrons. The standard InChI is InChI=1S/C18H17N3O/c1-13(22)21-10-4-5-15-11-14(7-8-17(15)21)16-12-20-9-3-2-6-18(20)19-16/h2-3,6-9,11-12H,4-5,10H2,1H3. The Kier molecular flexibility index (Phi) is 2.96. The molecule has 1 aliphatic heterocycles. The first kappa shape index (κ1) is 13.1. The number of fused-ring (bicyclic) bond motifs is 2. The summed E-state index contributed by atoms with van der Waals surface area (Å²) < 4.78 is 2.02. The van der Waals surface area contributed by atoms with Crippen LogP contribution < -0.4 is 4.90 Å². The van der Waals surface area contributed by atoms with Gasteiger partial charge in [-0.1, -0.05) is 12.1 Å². The van der Waals surface area contributed by atoms with Crippen LogP contribution in [0.3, 0.4) is 0 Å². The lowest BCUT2D eigenvalue weighted by Gasteiger charge is -2.28. The first-order chi connectivity index (χ1) is 10.7. The predicted molar refractivity (Wildman–Crippen MR) is 87.0 cm³/mol. The van der Waals surface area contributed by atoms with Crippen molar-refractivity contribution < 1.29 is 4.79 Å². The number of amides is 1. The zero-order valence-electron chi connectivity index (χ0n) is 12.5. The number of carbonyl (C=O) groups is 1. The van der Waals surface area contributed by atoms with Gasteiger partial charge in [-0.25, -0.2) is 4.98 Å². The highest BCUT2D eigenvalue weighted by molar-refractivity contribution is 5.93. The van der Waals surface area contributed by atoms with Crippen LogP contribution in [0.4, 0.5) is 5.69 Å². The average molecular weight is 291 g/mol. The highest BCUT2D eigenvalue weighted by Crippen LogP contribution is 2.31. The van der Waals surface area contributed by atoms with Crippen molar-refractivity contribution in [3.05, 3.63) is 54.4 Å². The molecule has 3 aromatic rings. The molecule has 0 atom stereocenters. The number of nitrogens with zero attached hydrogens (tertiary/aromatic N) is 3. The van der Waals surface area contributed by atoms with Gasteiger partial charge in [-0.2, -0.15) is 0 Å². The Morgan fingerprint density at radius 1 is 1.23 bits per heavy atom. The van der Waals surface area contributed by atoms with Crippen LogP contribution in [0.1, 0.15) is 18.9 Å². The number of anilines is 1. The lowest BCUT2D eigenvalue weighted by Crippen LogP contribution is -2.33. The highest BCUT2D eigenvalue weighted by Gasteiger charge is 2.20. The second kappa shape index (κ2) is 4.98. The minimum absolute atomic E-state index is 0.112. The fourth-order valence-corrected chi connectivity index (χ4v) is 3.16. The van der Waals surface area contributed by atoms with Gasteiger partial charge >= 0.3 is 0 Å². The number of benzene rings is 1. The smallest absolute Gasteiger partial charge is 0.223 e. The molecule has 0 N–H and O–H groups in total. The van der Waals surface area contributed by atoms with E-state index < -0.39 is 0 Å². The molecule has 0 spiro atoms. The molecule has 2 aromatic heterocycles. The van der Waals surface area contributed by atoms with Gasteiger partial charge < -0.3 is 9.30 Å². The molecule has 4 rings (SSSR count). The van der Waals surface area contributed by atoms with E-state index in [1.54, 1.807) is 6.92 Å². The lowest BCUT2D eigenvalue weighted by molar-refractivity contribution is -0.116. The molecule has 1 aliphatic rings. The fraction of sp³-hybridized carbons (Fsp3) is 0.222. The normalized spacial score (nSPS) is 14.1. The summed E-state index contributed by atoms with van der Waals surface area (Å²) in [4.78, 5) is 18.3. The number of hydrogen-bond donors (Lipinski definition) is 0. The van der Waals surface area contributed by atoms with Gasteiger partial charge in [0, 0.05) is 37.1 Å². The van der Waals surface area contributed by atoms with Crippen molar-refractivity contribution >= 4 is 17.2 Å². The largest absolute Gasteiger partial charge is 0.312 e. The van der Waals surface area contributed by atoms with Crippen molar-refractivity contribution in [3.8, 4) is 11.3 Å². The maximum Gasteiger partial charge on any atom is 0.223 e. The third-order valence-corrected chi connectivity index (χ3v) is 4.24. The van der Waals surface area contributed by atoms with Crippen molar-refractivity contribution in [1.82, 2.24) is 9.38 Å². The Morgan fingerprint density at radius 3 is 2.95 bits per heavy atom. The van der Waals surface area contributed by atoms with Crippen LogP contribution in [-0.2, 0) is 11.2 Å². The molecular weight excluding hydrogens is 274 g/mol. The summed E-state index contributed by atoms with van der Waals surface area (Å²) >= 11 is 0. The van der Waals surface area contributed by atoms with Gasteiger partial charge in [0.05, 0.1) is 5.69 Å². The van der Waals surface area contributed by atoms with Crippen LogP contribution >= 0.6 is 0 Å². The molecule has 4 heteroatoms. The van der Waals surface area contributed by atoms with Gasteiger partial charge in [-0.3, -0.25) is 4.79 Å². The van der Waals surface area contributed by atoms with Crippen LogP contribution in [0, 0.1) is 0 Å². The Balaban J connectivity index is 1.79. The molecule has 1 amide bonds. The molecule has 110 valence electrons. The zero-order valence-corrected chi connectivity index (χ0v) is 12.5. The van der Waals surface area contributed by atoms with Crippen LogP contribution in [-0.4, -0.2) is 21.8 Å². The summed E-state index contributed by atoms with van der Waals surface area (Å²) in [6.45, 7) is 2.45. The van der Waals surface area contributed by atoms with Gasteiger partial charge in [-0.15, -0.1) is 0 Å². The SMILES string of the molecule is CC(=O)N1CCCc2cc(-c3cn4ccccc4n3)ccc21. The Morgan fingerprint density at radius 2 is 2.14 bits per heavy atom. The summed E-state index contributed by atoms with van der Waals surface area (Å²) in [6.07, 6.45) is 6.08. The first-order valence-corrected chi connectivity index (χ1v) is 7.57. The summed E-state index contributed by atoms with van der Waals surface area (Å²) in [7, 11) is 0. The van der Waals surface area contributed by atoms with E-state index in [0.717, 1.165) is 42.0 Å². The quantitative estimate of drug-likeness (QED) is 0.690.